The number of benzene rings is 1. The number of pyridine rings is 1. The fraction of sp³-hybridized carbons (Fsp3) is 0.235. The highest BCUT2D eigenvalue weighted by Crippen LogP contribution is 2.35. The Bertz CT molecular complexity index is 789. The van der Waals surface area contributed by atoms with Crippen LogP contribution in [0.1, 0.15) is 15.9 Å². The summed E-state index contributed by atoms with van der Waals surface area (Å²) < 4.78 is 13.7. The molecule has 0 atom stereocenters. The molecule has 2 aromatic rings. The molecule has 5 nitrogen and oxygen atoms in total. The van der Waals surface area contributed by atoms with E-state index in [2.05, 4.69) is 4.98 Å². The van der Waals surface area contributed by atoms with E-state index in [1.54, 1.807) is 12.1 Å². The molecule has 0 bridgehead atoms. The number of amides is 2. The summed E-state index contributed by atoms with van der Waals surface area (Å²) in [5, 5.41) is 0.602. The Morgan fingerprint density at radius 3 is 2.50 bits per heavy atom. The number of hydrogen-bond donors (Lipinski definition) is 1. The zero-order valence-corrected chi connectivity index (χ0v) is 13.5. The molecule has 1 saturated heterocycles. The van der Waals surface area contributed by atoms with Crippen LogP contribution in [0.2, 0.25) is 5.02 Å². The Morgan fingerprint density at radius 2 is 1.92 bits per heavy atom. The van der Waals surface area contributed by atoms with Gasteiger partial charge in [-0.3, -0.25) is 14.6 Å². The summed E-state index contributed by atoms with van der Waals surface area (Å²) in [5.41, 5.74) is 5.56. The normalized spacial score (nSPS) is 15.7. The van der Waals surface area contributed by atoms with Crippen molar-refractivity contribution in [1.82, 2.24) is 9.88 Å². The highest BCUT2D eigenvalue weighted by molar-refractivity contribution is 6.30. The minimum atomic E-state index is -0.840. The van der Waals surface area contributed by atoms with Gasteiger partial charge in [0.2, 0.25) is 5.91 Å². The van der Waals surface area contributed by atoms with Gasteiger partial charge in [0.25, 0.3) is 5.91 Å². The van der Waals surface area contributed by atoms with Gasteiger partial charge in [0.15, 0.2) is 5.82 Å². The Balaban J connectivity index is 1.75. The monoisotopic (exact) mass is 347 g/mol. The largest absolute Gasteiger partial charge is 0.369 e. The summed E-state index contributed by atoms with van der Waals surface area (Å²) in [6.45, 7) is 0.317. The number of halogens is 2. The maximum Gasteiger partial charge on any atom is 0.257 e. The van der Waals surface area contributed by atoms with Gasteiger partial charge in [-0.05, 0) is 30.2 Å². The number of primary amides is 1. The van der Waals surface area contributed by atoms with Gasteiger partial charge in [-0.25, -0.2) is 4.39 Å². The molecule has 0 aliphatic carbocycles. The van der Waals surface area contributed by atoms with E-state index in [-0.39, 0.29) is 18.7 Å². The van der Waals surface area contributed by atoms with Gasteiger partial charge >= 0.3 is 0 Å². The van der Waals surface area contributed by atoms with Crippen LogP contribution in [0.3, 0.4) is 0 Å². The molecular formula is C17H15ClFN3O2. The van der Waals surface area contributed by atoms with Gasteiger partial charge in [-0.15, -0.1) is 0 Å². The number of rotatable bonds is 4. The second-order valence-electron chi connectivity index (χ2n) is 5.96. The van der Waals surface area contributed by atoms with Crippen molar-refractivity contribution in [3.63, 3.8) is 0 Å². The average molecular weight is 348 g/mol. The van der Waals surface area contributed by atoms with E-state index in [1.165, 1.54) is 17.2 Å². The molecule has 2 heterocycles. The van der Waals surface area contributed by atoms with Crippen LogP contribution in [0.4, 0.5) is 4.39 Å². The molecule has 1 aromatic carbocycles. The molecule has 0 spiro atoms. The molecule has 1 aliphatic rings. The van der Waals surface area contributed by atoms with E-state index >= 15 is 0 Å². The van der Waals surface area contributed by atoms with Crippen molar-refractivity contribution in [2.24, 2.45) is 11.1 Å². The van der Waals surface area contributed by atoms with Crippen molar-refractivity contribution in [2.75, 3.05) is 13.1 Å². The molecule has 1 aliphatic heterocycles. The molecule has 0 unspecified atom stereocenters. The standard InChI is InChI=1S/C17H15ClFN3O2/c18-12-3-1-11(2-4-12)7-17(16(20)24)9-22(10-17)15(23)13-5-6-21-8-14(13)19/h1-6,8H,7,9-10H2,(H2,20,24). The maximum atomic E-state index is 13.7. The van der Waals surface area contributed by atoms with E-state index in [0.29, 0.717) is 11.4 Å². The highest BCUT2D eigenvalue weighted by Gasteiger charge is 2.50. The third-order valence-electron chi connectivity index (χ3n) is 4.26. The van der Waals surface area contributed by atoms with Gasteiger partial charge in [0, 0.05) is 24.3 Å². The van der Waals surface area contributed by atoms with Gasteiger partial charge in [-0.1, -0.05) is 23.7 Å². The zero-order valence-electron chi connectivity index (χ0n) is 12.7. The van der Waals surface area contributed by atoms with Crippen LogP contribution in [0.5, 0.6) is 0 Å². The number of carbonyl (C=O) groups is 2. The van der Waals surface area contributed by atoms with Crippen molar-refractivity contribution in [2.45, 2.75) is 6.42 Å². The quantitative estimate of drug-likeness (QED) is 0.919. The smallest absolute Gasteiger partial charge is 0.257 e. The van der Waals surface area contributed by atoms with Crippen molar-refractivity contribution >= 4 is 23.4 Å². The molecule has 124 valence electrons. The van der Waals surface area contributed by atoms with E-state index in [0.717, 1.165) is 11.8 Å². The minimum absolute atomic E-state index is 0.0606. The van der Waals surface area contributed by atoms with Crippen molar-refractivity contribution in [3.8, 4) is 0 Å². The molecule has 2 amide bonds. The Kier molecular flexibility index (Phi) is 4.24. The summed E-state index contributed by atoms with van der Waals surface area (Å²) in [6.07, 6.45) is 2.75. The Morgan fingerprint density at radius 1 is 1.25 bits per heavy atom. The predicted molar refractivity (Wildman–Crippen MR) is 86.9 cm³/mol. The zero-order chi connectivity index (χ0) is 17.3. The SMILES string of the molecule is NC(=O)C1(Cc2ccc(Cl)cc2)CN(C(=O)c2ccncc2F)C1. The first-order valence-corrected chi connectivity index (χ1v) is 7.72. The summed E-state index contributed by atoms with van der Waals surface area (Å²) in [6, 6.07) is 8.43. The molecule has 1 fully saturated rings. The van der Waals surface area contributed by atoms with Crippen molar-refractivity contribution in [3.05, 3.63) is 64.7 Å². The van der Waals surface area contributed by atoms with Gasteiger partial charge in [-0.2, -0.15) is 0 Å². The Labute approximate surface area is 143 Å². The predicted octanol–water partition coefficient (Wildman–Crippen LogP) is 2.04. The highest BCUT2D eigenvalue weighted by atomic mass is 35.5. The molecule has 1 aromatic heterocycles. The van der Waals surface area contributed by atoms with Gasteiger partial charge in [0.05, 0.1) is 17.2 Å². The summed E-state index contributed by atoms with van der Waals surface area (Å²) in [4.78, 5) is 29.3. The number of likely N-dealkylation sites (tertiary alicyclic amines) is 1. The number of aromatic nitrogens is 1. The fourth-order valence-electron chi connectivity index (χ4n) is 2.89. The van der Waals surface area contributed by atoms with Crippen LogP contribution in [-0.2, 0) is 11.2 Å². The van der Waals surface area contributed by atoms with Gasteiger partial charge in [0.1, 0.15) is 0 Å². The topological polar surface area (TPSA) is 76.3 Å². The number of hydrogen-bond acceptors (Lipinski definition) is 3. The third-order valence-corrected chi connectivity index (χ3v) is 4.51. The van der Waals surface area contributed by atoms with Crippen molar-refractivity contribution < 1.29 is 14.0 Å². The molecule has 2 N–H and O–H groups in total. The molecule has 7 heteroatoms. The van der Waals surface area contributed by atoms with Crippen molar-refractivity contribution in [1.29, 1.82) is 0 Å². The van der Waals surface area contributed by atoms with Crippen LogP contribution in [0.25, 0.3) is 0 Å². The number of nitrogens with zero attached hydrogens (tertiary/aromatic N) is 2. The van der Waals surface area contributed by atoms with Gasteiger partial charge < -0.3 is 10.6 Å². The Hall–Kier alpha value is -2.47. The molecule has 24 heavy (non-hydrogen) atoms. The minimum Gasteiger partial charge on any atom is -0.369 e. The first-order chi connectivity index (χ1) is 11.4. The van der Waals surface area contributed by atoms with Crippen LogP contribution in [0.15, 0.2) is 42.7 Å². The van der Waals surface area contributed by atoms with E-state index in [9.17, 15) is 14.0 Å². The fourth-order valence-corrected chi connectivity index (χ4v) is 3.02. The van der Waals surface area contributed by atoms with Crippen LogP contribution in [-0.4, -0.2) is 34.8 Å². The molecule has 0 saturated carbocycles. The number of carbonyl (C=O) groups excluding carboxylic acids is 2. The van der Waals surface area contributed by atoms with Crippen LogP contribution >= 0.6 is 11.6 Å². The molecular weight excluding hydrogens is 333 g/mol. The van der Waals surface area contributed by atoms with Crippen LogP contribution in [0, 0.1) is 11.2 Å². The second-order valence-corrected chi connectivity index (χ2v) is 6.40. The van der Waals surface area contributed by atoms with E-state index in [1.807, 2.05) is 12.1 Å². The lowest BCUT2D eigenvalue weighted by atomic mass is 9.74. The van der Waals surface area contributed by atoms with E-state index in [4.69, 9.17) is 17.3 Å². The average Bonchev–Trinajstić information content (AvgIpc) is 2.52. The lowest BCUT2D eigenvalue weighted by molar-refractivity contribution is -0.135. The molecule has 0 radical (unpaired) electrons. The van der Waals surface area contributed by atoms with Crippen LogP contribution < -0.4 is 5.73 Å². The first kappa shape index (κ1) is 16.4. The summed E-state index contributed by atoms with van der Waals surface area (Å²) in [5.74, 6) is -1.63. The summed E-state index contributed by atoms with van der Waals surface area (Å²) >= 11 is 5.86. The lowest BCUT2D eigenvalue weighted by Crippen LogP contribution is -2.65. The van der Waals surface area contributed by atoms with E-state index < -0.39 is 23.0 Å². The first-order valence-electron chi connectivity index (χ1n) is 7.34. The third kappa shape index (κ3) is 2.97. The lowest BCUT2D eigenvalue weighted by Gasteiger charge is -2.48. The summed E-state index contributed by atoms with van der Waals surface area (Å²) in [7, 11) is 0. The second kappa shape index (κ2) is 6.20. The maximum absolute atomic E-state index is 13.7. The number of nitrogens with two attached hydrogens (primary N) is 1. The molecule has 3 rings (SSSR count).